The maximum atomic E-state index is 5.23. The molecular weight excluding hydrogens is 216 g/mol. The van der Waals surface area contributed by atoms with E-state index in [-0.39, 0.29) is 0 Å². The Morgan fingerprint density at radius 1 is 0.824 bits per heavy atom. The van der Waals surface area contributed by atoms with Crippen LogP contribution < -0.4 is 0 Å². The van der Waals surface area contributed by atoms with Gasteiger partial charge in [0.15, 0.2) is 0 Å². The fourth-order valence-corrected chi connectivity index (χ4v) is 1.51. The molecule has 0 radical (unpaired) electrons. The summed E-state index contributed by atoms with van der Waals surface area (Å²) in [7, 11) is 0. The summed E-state index contributed by atoms with van der Waals surface area (Å²) in [4.78, 5) is 0. The number of epoxide rings is 2. The van der Waals surface area contributed by atoms with Gasteiger partial charge >= 0.3 is 0 Å². The standard InChI is InChI=1S/C8H18.C6H10O3/c1-3-5-7-8-6-4-2;1(5-3-8-5)7-2-6-4-9-6/h3-8H2,1-2H3;5-6H,1-4H2. The monoisotopic (exact) mass is 244 g/mol. The summed E-state index contributed by atoms with van der Waals surface area (Å²) < 4.78 is 15.1. The number of hydrogen-bond acceptors (Lipinski definition) is 3. The molecule has 0 aromatic heterocycles. The van der Waals surface area contributed by atoms with Crippen LogP contribution in [0, 0.1) is 0 Å². The van der Waals surface area contributed by atoms with Gasteiger partial charge in [-0.1, -0.05) is 52.4 Å². The molecule has 3 heteroatoms. The summed E-state index contributed by atoms with van der Waals surface area (Å²) in [5, 5.41) is 0. The molecule has 2 heterocycles. The molecule has 3 nitrogen and oxygen atoms in total. The highest BCUT2D eigenvalue weighted by atomic mass is 16.6. The highest BCUT2D eigenvalue weighted by molar-refractivity contribution is 4.71. The molecule has 2 fully saturated rings. The van der Waals surface area contributed by atoms with Crippen molar-refractivity contribution in [2.75, 3.05) is 26.4 Å². The second kappa shape index (κ2) is 9.86. The Morgan fingerprint density at radius 2 is 1.24 bits per heavy atom. The molecule has 0 bridgehead atoms. The summed E-state index contributed by atoms with van der Waals surface area (Å²) in [6, 6.07) is 0. The second-order valence-corrected chi connectivity index (χ2v) is 4.86. The van der Waals surface area contributed by atoms with Crippen LogP contribution in [0.3, 0.4) is 0 Å². The SMILES string of the molecule is C(OCC1CO1)C1CO1.CCCCCCCC. The number of ether oxygens (including phenoxy) is 3. The maximum Gasteiger partial charge on any atom is 0.104 e. The van der Waals surface area contributed by atoms with Crippen molar-refractivity contribution in [3.63, 3.8) is 0 Å². The average Bonchev–Trinajstić information content (AvgIpc) is 3.19. The minimum Gasteiger partial charge on any atom is -0.376 e. The van der Waals surface area contributed by atoms with Crippen molar-refractivity contribution in [1.29, 1.82) is 0 Å². The van der Waals surface area contributed by atoms with Crippen molar-refractivity contribution >= 4 is 0 Å². The number of hydrogen-bond donors (Lipinski definition) is 0. The van der Waals surface area contributed by atoms with Crippen LogP contribution in [-0.2, 0) is 14.2 Å². The smallest absolute Gasteiger partial charge is 0.104 e. The Morgan fingerprint density at radius 3 is 1.53 bits per heavy atom. The Hall–Kier alpha value is -0.120. The minimum absolute atomic E-state index is 0.392. The lowest BCUT2D eigenvalue weighted by Gasteiger charge is -1.95. The summed E-state index contributed by atoms with van der Waals surface area (Å²) in [6.07, 6.45) is 9.27. The van der Waals surface area contributed by atoms with Gasteiger partial charge in [-0.25, -0.2) is 0 Å². The topological polar surface area (TPSA) is 34.3 Å². The zero-order chi connectivity index (χ0) is 12.3. The van der Waals surface area contributed by atoms with Crippen molar-refractivity contribution < 1.29 is 14.2 Å². The molecule has 2 unspecified atom stereocenters. The maximum absolute atomic E-state index is 5.23. The fourth-order valence-electron chi connectivity index (χ4n) is 1.51. The third-order valence-electron chi connectivity index (χ3n) is 2.87. The Kier molecular flexibility index (Phi) is 8.67. The molecule has 2 saturated heterocycles. The first-order valence-electron chi connectivity index (χ1n) is 7.17. The van der Waals surface area contributed by atoms with E-state index in [0.29, 0.717) is 12.2 Å². The van der Waals surface area contributed by atoms with E-state index < -0.39 is 0 Å². The Bertz CT molecular complexity index is 147. The lowest BCUT2D eigenvalue weighted by molar-refractivity contribution is 0.102. The van der Waals surface area contributed by atoms with E-state index in [1.807, 2.05) is 0 Å². The molecule has 0 spiro atoms. The van der Waals surface area contributed by atoms with Gasteiger partial charge in [0.05, 0.1) is 26.4 Å². The minimum atomic E-state index is 0.392. The molecule has 2 rings (SSSR count). The second-order valence-electron chi connectivity index (χ2n) is 4.86. The largest absolute Gasteiger partial charge is 0.376 e. The molecular formula is C14H28O3. The van der Waals surface area contributed by atoms with Crippen LogP contribution in [-0.4, -0.2) is 38.6 Å². The predicted octanol–water partition coefficient (Wildman–Crippen LogP) is 3.17. The first kappa shape index (κ1) is 14.9. The van der Waals surface area contributed by atoms with E-state index in [1.54, 1.807) is 0 Å². The van der Waals surface area contributed by atoms with E-state index >= 15 is 0 Å². The normalized spacial score (nSPS) is 25.1. The Labute approximate surface area is 106 Å². The van der Waals surface area contributed by atoms with Gasteiger partial charge in [-0.2, -0.15) is 0 Å². The van der Waals surface area contributed by atoms with Crippen molar-refractivity contribution in [2.24, 2.45) is 0 Å². The molecule has 2 aliphatic heterocycles. The lowest BCUT2D eigenvalue weighted by Crippen LogP contribution is -2.06. The van der Waals surface area contributed by atoms with Crippen LogP contribution >= 0.6 is 0 Å². The first-order valence-corrected chi connectivity index (χ1v) is 7.17. The van der Waals surface area contributed by atoms with Crippen LogP contribution in [0.5, 0.6) is 0 Å². The van der Waals surface area contributed by atoms with Gasteiger partial charge in [0.25, 0.3) is 0 Å². The average molecular weight is 244 g/mol. The van der Waals surface area contributed by atoms with E-state index in [9.17, 15) is 0 Å². The van der Waals surface area contributed by atoms with Gasteiger partial charge in [0.1, 0.15) is 12.2 Å². The van der Waals surface area contributed by atoms with Crippen LogP contribution in [0.2, 0.25) is 0 Å². The van der Waals surface area contributed by atoms with Crippen molar-refractivity contribution in [3.05, 3.63) is 0 Å². The van der Waals surface area contributed by atoms with Crippen LogP contribution in [0.1, 0.15) is 52.4 Å². The molecule has 0 N–H and O–H groups in total. The zero-order valence-electron chi connectivity index (χ0n) is 11.5. The van der Waals surface area contributed by atoms with E-state index in [1.165, 1.54) is 38.5 Å². The fraction of sp³-hybridized carbons (Fsp3) is 1.00. The summed E-state index contributed by atoms with van der Waals surface area (Å²) in [5.41, 5.74) is 0. The van der Waals surface area contributed by atoms with Gasteiger partial charge in [-0.3, -0.25) is 0 Å². The van der Waals surface area contributed by atoms with E-state index in [2.05, 4.69) is 13.8 Å². The zero-order valence-corrected chi connectivity index (χ0v) is 11.5. The molecule has 102 valence electrons. The van der Waals surface area contributed by atoms with Crippen LogP contribution in [0.4, 0.5) is 0 Å². The first-order chi connectivity index (χ1) is 8.36. The van der Waals surface area contributed by atoms with E-state index in [4.69, 9.17) is 14.2 Å². The predicted molar refractivity (Wildman–Crippen MR) is 69.3 cm³/mol. The number of rotatable bonds is 9. The third-order valence-corrected chi connectivity index (χ3v) is 2.87. The molecule has 2 aliphatic rings. The summed E-state index contributed by atoms with van der Waals surface area (Å²) in [6.45, 7) is 7.77. The molecule has 2 atom stereocenters. The van der Waals surface area contributed by atoms with Gasteiger partial charge in [-0.05, 0) is 0 Å². The highest BCUT2D eigenvalue weighted by Crippen LogP contribution is 2.12. The number of unbranched alkanes of at least 4 members (excludes halogenated alkanes) is 5. The molecule has 0 aromatic rings. The molecule has 17 heavy (non-hydrogen) atoms. The third kappa shape index (κ3) is 10.7. The van der Waals surface area contributed by atoms with Crippen molar-refractivity contribution in [2.45, 2.75) is 64.6 Å². The van der Waals surface area contributed by atoms with Crippen molar-refractivity contribution in [3.8, 4) is 0 Å². The van der Waals surface area contributed by atoms with Crippen LogP contribution in [0.15, 0.2) is 0 Å². The van der Waals surface area contributed by atoms with Crippen molar-refractivity contribution in [1.82, 2.24) is 0 Å². The molecule has 0 aliphatic carbocycles. The van der Waals surface area contributed by atoms with Gasteiger partial charge in [0.2, 0.25) is 0 Å². The lowest BCUT2D eigenvalue weighted by atomic mass is 10.1. The summed E-state index contributed by atoms with van der Waals surface area (Å²) in [5.74, 6) is 0. The Balaban J connectivity index is 0.000000172. The van der Waals surface area contributed by atoms with E-state index in [0.717, 1.165) is 26.4 Å². The summed E-state index contributed by atoms with van der Waals surface area (Å²) >= 11 is 0. The van der Waals surface area contributed by atoms with Gasteiger partial charge < -0.3 is 14.2 Å². The molecule has 0 amide bonds. The molecule has 0 saturated carbocycles. The molecule has 0 aromatic carbocycles. The van der Waals surface area contributed by atoms with Gasteiger partial charge in [-0.15, -0.1) is 0 Å². The quantitative estimate of drug-likeness (QED) is 0.461. The highest BCUT2D eigenvalue weighted by Gasteiger charge is 2.26. The van der Waals surface area contributed by atoms with Crippen LogP contribution in [0.25, 0.3) is 0 Å². The van der Waals surface area contributed by atoms with Gasteiger partial charge in [0, 0.05) is 0 Å².